The number of phenolic OH excluding ortho intramolecular Hbond substituents is 1. The van der Waals surface area contributed by atoms with E-state index in [2.05, 4.69) is 10.0 Å². The van der Waals surface area contributed by atoms with E-state index in [1.165, 1.54) is 50.4 Å². The highest BCUT2D eigenvalue weighted by molar-refractivity contribution is 7.91. The summed E-state index contributed by atoms with van der Waals surface area (Å²) in [5.41, 5.74) is -0.0845. The quantitative estimate of drug-likeness (QED) is 0.394. The average Bonchev–Trinajstić information content (AvgIpc) is 2.69. The van der Waals surface area contributed by atoms with Gasteiger partial charge in [0.15, 0.2) is 9.84 Å². The van der Waals surface area contributed by atoms with Crippen LogP contribution in [-0.4, -0.2) is 53.9 Å². The van der Waals surface area contributed by atoms with Crippen molar-refractivity contribution in [3.05, 3.63) is 48.0 Å². The van der Waals surface area contributed by atoms with Gasteiger partial charge in [-0.1, -0.05) is 13.0 Å². The monoisotopic (exact) mass is 442 g/mol. The molecule has 0 saturated heterocycles. The maximum absolute atomic E-state index is 12.5. The van der Waals surface area contributed by atoms with Crippen LogP contribution in [0.2, 0.25) is 0 Å². The van der Waals surface area contributed by atoms with Crippen molar-refractivity contribution in [1.82, 2.24) is 4.72 Å². The topological polar surface area (TPSA) is 139 Å². The van der Waals surface area contributed by atoms with Gasteiger partial charge < -0.3 is 15.2 Å². The number of ether oxygens (including phenoxy) is 1. The third kappa shape index (κ3) is 5.76. The Kier molecular flexibility index (Phi) is 7.36. The van der Waals surface area contributed by atoms with Gasteiger partial charge in [-0.15, -0.1) is 0 Å². The minimum Gasteiger partial charge on any atom is -0.506 e. The van der Waals surface area contributed by atoms with Gasteiger partial charge in [0, 0.05) is 19.2 Å². The van der Waals surface area contributed by atoms with Crippen molar-refractivity contribution in [2.45, 2.75) is 16.7 Å². The maximum Gasteiger partial charge on any atom is 0.255 e. The smallest absolute Gasteiger partial charge is 0.255 e. The zero-order valence-corrected chi connectivity index (χ0v) is 17.5. The molecule has 9 nitrogen and oxygen atoms in total. The van der Waals surface area contributed by atoms with E-state index in [0.717, 1.165) is 6.07 Å². The highest BCUT2D eigenvalue weighted by atomic mass is 32.2. The molecule has 29 heavy (non-hydrogen) atoms. The number of rotatable bonds is 9. The van der Waals surface area contributed by atoms with Crippen LogP contribution in [-0.2, 0) is 24.6 Å². The minimum absolute atomic E-state index is 0.0165. The third-order valence-corrected chi connectivity index (χ3v) is 7.15. The number of phenols is 1. The van der Waals surface area contributed by atoms with E-state index in [-0.39, 0.29) is 45.7 Å². The molecular weight excluding hydrogens is 420 g/mol. The number of benzene rings is 2. The molecule has 0 saturated carbocycles. The molecule has 0 aliphatic rings. The zero-order valence-electron chi connectivity index (χ0n) is 15.9. The van der Waals surface area contributed by atoms with E-state index in [1.54, 1.807) is 0 Å². The van der Waals surface area contributed by atoms with Crippen molar-refractivity contribution in [3.63, 3.8) is 0 Å². The van der Waals surface area contributed by atoms with Gasteiger partial charge in [-0.05, 0) is 36.4 Å². The number of nitrogens with one attached hydrogen (secondary N) is 2. The molecular formula is C18H22N2O7S2. The molecule has 11 heteroatoms. The fourth-order valence-corrected chi connectivity index (χ4v) is 4.30. The number of methoxy groups -OCH3 is 1. The number of carbonyl (C=O) groups is 1. The van der Waals surface area contributed by atoms with Crippen molar-refractivity contribution < 1.29 is 31.5 Å². The van der Waals surface area contributed by atoms with Crippen LogP contribution < -0.4 is 10.0 Å². The van der Waals surface area contributed by atoms with Crippen molar-refractivity contribution in [1.29, 1.82) is 0 Å². The van der Waals surface area contributed by atoms with Gasteiger partial charge in [0.2, 0.25) is 10.0 Å². The summed E-state index contributed by atoms with van der Waals surface area (Å²) in [4.78, 5) is 12.4. The zero-order chi connectivity index (χ0) is 21.7. The SMILES string of the molecule is CCS(=O)(=O)c1ccc(O)c(NC(=O)c2cccc(S(=O)(=O)NCCOC)c2)c1. The number of aromatic hydroxyl groups is 1. The number of hydrogen-bond donors (Lipinski definition) is 3. The molecule has 3 N–H and O–H groups in total. The van der Waals surface area contributed by atoms with Crippen LogP contribution in [0.1, 0.15) is 17.3 Å². The molecule has 158 valence electrons. The van der Waals surface area contributed by atoms with Gasteiger partial charge in [-0.25, -0.2) is 21.6 Å². The van der Waals surface area contributed by atoms with Crippen molar-refractivity contribution in [2.75, 3.05) is 31.3 Å². The number of anilines is 1. The summed E-state index contributed by atoms with van der Waals surface area (Å²) in [5.74, 6) is -1.17. The first-order chi connectivity index (χ1) is 13.6. The van der Waals surface area contributed by atoms with Crippen molar-refractivity contribution in [3.8, 4) is 5.75 Å². The van der Waals surface area contributed by atoms with Crippen LogP contribution >= 0.6 is 0 Å². The first-order valence-corrected chi connectivity index (χ1v) is 11.7. The highest BCUT2D eigenvalue weighted by Gasteiger charge is 2.18. The standard InChI is InChI=1S/C18H22N2O7S2/c1-3-28(23,24)14-7-8-17(21)16(12-14)20-18(22)13-5-4-6-15(11-13)29(25,26)19-9-10-27-2/h4-8,11-12,19,21H,3,9-10H2,1-2H3,(H,20,22). The first kappa shape index (κ1) is 22.8. The number of hydrogen-bond acceptors (Lipinski definition) is 7. The van der Waals surface area contributed by atoms with Crippen LogP contribution in [0.25, 0.3) is 0 Å². The van der Waals surface area contributed by atoms with Crippen LogP contribution in [0, 0.1) is 0 Å². The lowest BCUT2D eigenvalue weighted by Gasteiger charge is -2.11. The predicted octanol–water partition coefficient (Wildman–Crippen LogP) is 1.36. The Morgan fingerprint density at radius 2 is 1.79 bits per heavy atom. The predicted molar refractivity (Wildman–Crippen MR) is 107 cm³/mol. The van der Waals surface area contributed by atoms with Gasteiger partial charge in [0.1, 0.15) is 5.75 Å². The Hall–Kier alpha value is -2.47. The molecule has 0 fully saturated rings. The summed E-state index contributed by atoms with van der Waals surface area (Å²) in [6, 6.07) is 8.86. The Morgan fingerprint density at radius 3 is 2.45 bits per heavy atom. The van der Waals surface area contributed by atoms with E-state index in [4.69, 9.17) is 4.74 Å². The normalized spacial score (nSPS) is 11.9. The maximum atomic E-state index is 12.5. The Morgan fingerprint density at radius 1 is 1.07 bits per heavy atom. The van der Waals surface area contributed by atoms with E-state index in [9.17, 15) is 26.7 Å². The molecule has 0 unspecified atom stereocenters. The van der Waals surface area contributed by atoms with E-state index < -0.39 is 25.8 Å². The summed E-state index contributed by atoms with van der Waals surface area (Å²) in [6.07, 6.45) is 0. The molecule has 1 amide bonds. The van der Waals surface area contributed by atoms with Crippen LogP contribution in [0.15, 0.2) is 52.3 Å². The second-order valence-electron chi connectivity index (χ2n) is 5.95. The Bertz CT molecular complexity index is 1100. The molecule has 0 aliphatic heterocycles. The molecule has 2 aromatic rings. The van der Waals surface area contributed by atoms with Crippen molar-refractivity contribution in [2.24, 2.45) is 0 Å². The number of amides is 1. The summed E-state index contributed by atoms with van der Waals surface area (Å²) in [5, 5.41) is 12.4. The lowest BCUT2D eigenvalue weighted by atomic mass is 10.2. The summed E-state index contributed by atoms with van der Waals surface area (Å²) in [7, 11) is -5.93. The number of carbonyl (C=O) groups excluding carboxylic acids is 1. The van der Waals surface area contributed by atoms with Crippen LogP contribution in [0.3, 0.4) is 0 Å². The lowest BCUT2D eigenvalue weighted by molar-refractivity contribution is 0.102. The van der Waals surface area contributed by atoms with E-state index in [1.807, 2.05) is 0 Å². The largest absolute Gasteiger partial charge is 0.506 e. The molecule has 0 heterocycles. The molecule has 0 aromatic heterocycles. The van der Waals surface area contributed by atoms with E-state index >= 15 is 0 Å². The fourth-order valence-electron chi connectivity index (χ4n) is 2.34. The fraction of sp³-hybridized carbons (Fsp3) is 0.278. The number of sulfonamides is 1. The summed E-state index contributed by atoms with van der Waals surface area (Å²) in [6.45, 7) is 1.74. The van der Waals surface area contributed by atoms with Gasteiger partial charge in [-0.3, -0.25) is 4.79 Å². The van der Waals surface area contributed by atoms with Gasteiger partial charge >= 0.3 is 0 Å². The van der Waals surface area contributed by atoms with Crippen molar-refractivity contribution >= 4 is 31.5 Å². The van der Waals surface area contributed by atoms with Gasteiger partial charge in [-0.2, -0.15) is 0 Å². The first-order valence-electron chi connectivity index (χ1n) is 8.56. The summed E-state index contributed by atoms with van der Waals surface area (Å²) < 4.78 is 55.7. The minimum atomic E-state index is -3.84. The Labute approximate surface area is 169 Å². The van der Waals surface area contributed by atoms with E-state index in [0.29, 0.717) is 0 Å². The molecule has 0 spiro atoms. The molecule has 0 aliphatic carbocycles. The highest BCUT2D eigenvalue weighted by Crippen LogP contribution is 2.27. The van der Waals surface area contributed by atoms with Crippen LogP contribution in [0.4, 0.5) is 5.69 Å². The summed E-state index contributed by atoms with van der Waals surface area (Å²) >= 11 is 0. The second-order valence-corrected chi connectivity index (χ2v) is 10.0. The van der Waals surface area contributed by atoms with Gasteiger partial charge in [0.25, 0.3) is 5.91 Å². The average molecular weight is 443 g/mol. The molecule has 0 radical (unpaired) electrons. The lowest BCUT2D eigenvalue weighted by Crippen LogP contribution is -2.27. The third-order valence-electron chi connectivity index (χ3n) is 3.96. The molecule has 0 atom stereocenters. The molecule has 2 aromatic carbocycles. The number of sulfone groups is 1. The second kappa shape index (κ2) is 9.35. The molecule has 0 bridgehead atoms. The van der Waals surface area contributed by atoms with Gasteiger partial charge in [0.05, 0.1) is 27.8 Å². The van der Waals surface area contributed by atoms with Crippen LogP contribution in [0.5, 0.6) is 5.75 Å². The molecule has 2 rings (SSSR count). The Balaban J connectivity index is 2.28.